The fraction of sp³-hybridized carbons (Fsp3) is 0.250. The Hall–Kier alpha value is -1.42. The van der Waals surface area contributed by atoms with Gasteiger partial charge in [0.1, 0.15) is 0 Å². The van der Waals surface area contributed by atoms with Gasteiger partial charge in [-0.1, -0.05) is 0 Å². The molecule has 0 fully saturated rings. The number of hydrogen-bond donors (Lipinski definition) is 2. The number of nitrogens with zero attached hydrogens (tertiary/aromatic N) is 1. The van der Waals surface area contributed by atoms with Gasteiger partial charge < -0.3 is 15.2 Å². The van der Waals surface area contributed by atoms with Crippen LogP contribution in [0.4, 0.5) is 0 Å². The number of rotatable bonds is 5. The molecule has 0 saturated carbocycles. The van der Waals surface area contributed by atoms with Crippen molar-refractivity contribution < 1.29 is 14.3 Å². The summed E-state index contributed by atoms with van der Waals surface area (Å²) in [5, 5.41) is 3.95. The van der Waals surface area contributed by atoms with Gasteiger partial charge >= 0.3 is 5.97 Å². The van der Waals surface area contributed by atoms with E-state index in [9.17, 15) is 4.79 Å². The van der Waals surface area contributed by atoms with Crippen LogP contribution in [-0.4, -0.2) is 23.9 Å². The van der Waals surface area contributed by atoms with Crippen LogP contribution in [0.2, 0.25) is 0 Å². The molecule has 108 valence electrons. The van der Waals surface area contributed by atoms with E-state index in [1.54, 1.807) is 18.3 Å². The lowest BCUT2D eigenvalue weighted by molar-refractivity contribution is -0.132. The molecule has 0 spiro atoms. The number of nitrogens with one attached hydrogen (secondary N) is 1. The SMILES string of the molecule is CCOc1cc(/C=N\NC(N)=S)cc(I)c1OC(C)=O. The zero-order valence-electron chi connectivity index (χ0n) is 11.0. The second-order valence-electron chi connectivity index (χ2n) is 3.59. The van der Waals surface area contributed by atoms with Gasteiger partial charge in [0.2, 0.25) is 0 Å². The van der Waals surface area contributed by atoms with E-state index in [0.717, 1.165) is 9.13 Å². The third-order valence-electron chi connectivity index (χ3n) is 1.97. The van der Waals surface area contributed by atoms with E-state index in [1.807, 2.05) is 6.92 Å². The fourth-order valence-electron chi connectivity index (χ4n) is 1.34. The number of thiocarbonyl (C=S) groups is 1. The smallest absolute Gasteiger partial charge is 0.308 e. The van der Waals surface area contributed by atoms with Crippen molar-refractivity contribution in [1.82, 2.24) is 5.43 Å². The van der Waals surface area contributed by atoms with Gasteiger partial charge in [0.15, 0.2) is 16.6 Å². The molecule has 1 rings (SSSR count). The molecule has 0 heterocycles. The summed E-state index contributed by atoms with van der Waals surface area (Å²) >= 11 is 6.70. The second kappa shape index (κ2) is 8.00. The Morgan fingerprint density at radius 1 is 1.60 bits per heavy atom. The molecule has 0 unspecified atom stereocenters. The minimum absolute atomic E-state index is 0.0810. The van der Waals surface area contributed by atoms with Gasteiger partial charge in [-0.25, -0.2) is 0 Å². The minimum Gasteiger partial charge on any atom is -0.490 e. The summed E-state index contributed by atoms with van der Waals surface area (Å²) in [5.74, 6) is 0.478. The lowest BCUT2D eigenvalue weighted by Gasteiger charge is -2.12. The number of hydrogen-bond acceptors (Lipinski definition) is 5. The highest BCUT2D eigenvalue weighted by Gasteiger charge is 2.13. The van der Waals surface area contributed by atoms with Crippen LogP contribution in [0.15, 0.2) is 17.2 Å². The lowest BCUT2D eigenvalue weighted by Crippen LogP contribution is -2.24. The van der Waals surface area contributed by atoms with Crippen molar-refractivity contribution in [1.29, 1.82) is 0 Å². The van der Waals surface area contributed by atoms with Crippen molar-refractivity contribution in [3.05, 3.63) is 21.3 Å². The Labute approximate surface area is 135 Å². The maximum Gasteiger partial charge on any atom is 0.308 e. The molecule has 6 nitrogen and oxygen atoms in total. The number of esters is 1. The van der Waals surface area contributed by atoms with Crippen molar-refractivity contribution in [3.63, 3.8) is 0 Å². The molecule has 1 aromatic rings. The van der Waals surface area contributed by atoms with E-state index < -0.39 is 5.97 Å². The Bertz CT molecular complexity index is 549. The van der Waals surface area contributed by atoms with Crippen LogP contribution in [0.1, 0.15) is 19.4 Å². The molecule has 20 heavy (non-hydrogen) atoms. The average Bonchev–Trinajstić information content (AvgIpc) is 2.33. The lowest BCUT2D eigenvalue weighted by atomic mass is 10.2. The molecule has 0 atom stereocenters. The fourth-order valence-corrected chi connectivity index (χ4v) is 2.13. The van der Waals surface area contributed by atoms with Crippen LogP contribution in [0.3, 0.4) is 0 Å². The molecule has 0 amide bonds. The molecule has 0 aromatic heterocycles. The monoisotopic (exact) mass is 407 g/mol. The number of hydrazone groups is 1. The number of ether oxygens (including phenoxy) is 2. The highest BCUT2D eigenvalue weighted by Crippen LogP contribution is 2.34. The predicted molar refractivity (Wildman–Crippen MR) is 89.2 cm³/mol. The van der Waals surface area contributed by atoms with E-state index in [0.29, 0.717) is 18.1 Å². The van der Waals surface area contributed by atoms with Crippen molar-refractivity contribution in [3.8, 4) is 11.5 Å². The first-order valence-electron chi connectivity index (χ1n) is 5.67. The van der Waals surface area contributed by atoms with Gasteiger partial charge in [-0.05, 0) is 59.4 Å². The largest absolute Gasteiger partial charge is 0.490 e. The molecule has 1 aromatic carbocycles. The van der Waals surface area contributed by atoms with Crippen LogP contribution >= 0.6 is 34.8 Å². The standard InChI is InChI=1S/C12H14IN3O3S/c1-3-18-10-5-8(6-15-16-12(14)20)4-9(13)11(10)19-7(2)17/h4-6H,3H2,1-2H3,(H3,14,16,20)/b15-6-. The van der Waals surface area contributed by atoms with Crippen LogP contribution in [0.5, 0.6) is 11.5 Å². The molecule has 0 radical (unpaired) electrons. The van der Waals surface area contributed by atoms with Crippen molar-refractivity contribution in [2.24, 2.45) is 10.8 Å². The van der Waals surface area contributed by atoms with Gasteiger partial charge in [-0.3, -0.25) is 10.2 Å². The first-order valence-corrected chi connectivity index (χ1v) is 7.16. The number of nitrogens with two attached hydrogens (primary N) is 1. The van der Waals surface area contributed by atoms with E-state index in [2.05, 4.69) is 45.3 Å². The highest BCUT2D eigenvalue weighted by atomic mass is 127. The summed E-state index contributed by atoms with van der Waals surface area (Å²) in [6.45, 7) is 3.64. The summed E-state index contributed by atoms with van der Waals surface area (Å²) < 4.78 is 11.4. The quantitative estimate of drug-likeness (QED) is 0.193. The molecule has 0 saturated heterocycles. The summed E-state index contributed by atoms with van der Waals surface area (Å²) in [5.41, 5.74) is 8.49. The highest BCUT2D eigenvalue weighted by molar-refractivity contribution is 14.1. The van der Waals surface area contributed by atoms with Crippen molar-refractivity contribution in [2.45, 2.75) is 13.8 Å². The normalized spacial score (nSPS) is 10.3. The van der Waals surface area contributed by atoms with Gasteiger partial charge in [-0.15, -0.1) is 0 Å². The number of halogens is 1. The number of benzene rings is 1. The Morgan fingerprint density at radius 3 is 2.85 bits per heavy atom. The molecule has 0 aliphatic heterocycles. The molecule has 0 bridgehead atoms. The number of carbonyl (C=O) groups is 1. The zero-order chi connectivity index (χ0) is 15.1. The maximum atomic E-state index is 11.1. The first-order chi connectivity index (χ1) is 9.43. The number of carbonyl (C=O) groups excluding carboxylic acids is 1. The second-order valence-corrected chi connectivity index (χ2v) is 5.19. The minimum atomic E-state index is -0.402. The Morgan fingerprint density at radius 2 is 2.30 bits per heavy atom. The summed E-state index contributed by atoms with van der Waals surface area (Å²) in [6, 6.07) is 3.51. The van der Waals surface area contributed by atoms with Gasteiger partial charge in [0.05, 0.1) is 16.4 Å². The average molecular weight is 407 g/mol. The van der Waals surface area contributed by atoms with Crippen LogP contribution in [0, 0.1) is 3.57 Å². The van der Waals surface area contributed by atoms with Crippen LogP contribution < -0.4 is 20.6 Å². The molecule has 3 N–H and O–H groups in total. The Balaban J connectivity index is 3.08. The maximum absolute atomic E-state index is 11.1. The van der Waals surface area contributed by atoms with Gasteiger partial charge in [0, 0.05) is 6.92 Å². The summed E-state index contributed by atoms with van der Waals surface area (Å²) in [6.07, 6.45) is 1.54. The van der Waals surface area contributed by atoms with Crippen molar-refractivity contribution in [2.75, 3.05) is 6.61 Å². The zero-order valence-corrected chi connectivity index (χ0v) is 13.9. The Kier molecular flexibility index (Phi) is 6.65. The van der Waals surface area contributed by atoms with Gasteiger partial charge in [-0.2, -0.15) is 5.10 Å². The van der Waals surface area contributed by atoms with Crippen molar-refractivity contribution >= 4 is 52.1 Å². The topological polar surface area (TPSA) is 85.9 Å². The third kappa shape index (κ3) is 5.29. The van der Waals surface area contributed by atoms with Crippen LogP contribution in [0.25, 0.3) is 0 Å². The first kappa shape index (κ1) is 16.6. The van der Waals surface area contributed by atoms with E-state index in [1.165, 1.54) is 6.92 Å². The van der Waals surface area contributed by atoms with E-state index >= 15 is 0 Å². The van der Waals surface area contributed by atoms with E-state index in [-0.39, 0.29) is 5.11 Å². The molecule has 8 heteroatoms. The van der Waals surface area contributed by atoms with Crippen LogP contribution in [-0.2, 0) is 4.79 Å². The van der Waals surface area contributed by atoms with E-state index in [4.69, 9.17) is 15.2 Å². The molecular weight excluding hydrogens is 393 g/mol. The van der Waals surface area contributed by atoms with Gasteiger partial charge in [0.25, 0.3) is 0 Å². The summed E-state index contributed by atoms with van der Waals surface area (Å²) in [4.78, 5) is 11.1. The molecule has 0 aliphatic carbocycles. The summed E-state index contributed by atoms with van der Waals surface area (Å²) in [7, 11) is 0. The predicted octanol–water partition coefficient (Wildman–Crippen LogP) is 1.78. The third-order valence-corrected chi connectivity index (χ3v) is 2.86. The molecular formula is C12H14IN3O3S. The molecule has 0 aliphatic rings.